The van der Waals surface area contributed by atoms with Crippen LogP contribution in [0, 0.1) is 0 Å². The Bertz CT molecular complexity index is 842. The molecule has 0 saturated carbocycles. The van der Waals surface area contributed by atoms with Crippen LogP contribution in [0.15, 0.2) is 36.4 Å². The first-order chi connectivity index (χ1) is 13.1. The molecule has 1 atom stereocenters. The van der Waals surface area contributed by atoms with Gasteiger partial charge in [0.2, 0.25) is 0 Å². The van der Waals surface area contributed by atoms with Gasteiger partial charge >= 0.3 is 6.18 Å². The van der Waals surface area contributed by atoms with Gasteiger partial charge < -0.3 is 20.5 Å². The largest absolute Gasteiger partial charge is 0.495 e. The van der Waals surface area contributed by atoms with E-state index in [1.54, 1.807) is 18.2 Å². The van der Waals surface area contributed by atoms with Gasteiger partial charge in [-0.3, -0.25) is 4.79 Å². The van der Waals surface area contributed by atoms with Gasteiger partial charge in [-0.25, -0.2) is 0 Å². The lowest BCUT2D eigenvalue weighted by atomic mass is 10.1. The summed E-state index contributed by atoms with van der Waals surface area (Å²) in [5, 5.41) is 15.1. The van der Waals surface area contributed by atoms with Gasteiger partial charge in [-0.2, -0.15) is 13.2 Å². The SMILES string of the molecule is COc1ccc(CNC(=O)c2cc(C(F)(F)F)ccc2NC[C@H](C)O)cc1Cl. The van der Waals surface area contributed by atoms with Crippen molar-refractivity contribution in [2.24, 2.45) is 0 Å². The van der Waals surface area contributed by atoms with Crippen LogP contribution in [0.2, 0.25) is 5.02 Å². The summed E-state index contributed by atoms with van der Waals surface area (Å²) in [5.41, 5.74) is -0.258. The molecule has 0 fully saturated rings. The minimum absolute atomic E-state index is 0.0641. The van der Waals surface area contributed by atoms with Crippen molar-refractivity contribution < 1.29 is 27.8 Å². The molecule has 0 spiro atoms. The number of nitrogens with one attached hydrogen (secondary N) is 2. The zero-order valence-electron chi connectivity index (χ0n) is 15.2. The number of aliphatic hydroxyl groups excluding tert-OH is 1. The summed E-state index contributed by atoms with van der Waals surface area (Å²) in [6.07, 6.45) is -5.32. The van der Waals surface area contributed by atoms with Gasteiger partial charge in [-0.05, 0) is 42.8 Å². The molecule has 0 radical (unpaired) electrons. The molecule has 152 valence electrons. The number of benzene rings is 2. The lowest BCUT2D eigenvalue weighted by molar-refractivity contribution is -0.137. The van der Waals surface area contributed by atoms with Crippen molar-refractivity contribution in [2.75, 3.05) is 19.0 Å². The van der Waals surface area contributed by atoms with Crippen molar-refractivity contribution in [1.29, 1.82) is 0 Å². The van der Waals surface area contributed by atoms with E-state index in [1.807, 2.05) is 0 Å². The molecule has 0 aliphatic carbocycles. The Labute approximate surface area is 165 Å². The van der Waals surface area contributed by atoms with E-state index < -0.39 is 23.8 Å². The number of methoxy groups -OCH3 is 1. The molecule has 2 aromatic carbocycles. The highest BCUT2D eigenvalue weighted by Gasteiger charge is 2.31. The summed E-state index contributed by atoms with van der Waals surface area (Å²) in [6, 6.07) is 7.74. The molecular weight excluding hydrogens is 397 g/mol. The van der Waals surface area contributed by atoms with Crippen molar-refractivity contribution in [3.63, 3.8) is 0 Å². The first-order valence-electron chi connectivity index (χ1n) is 8.35. The Balaban J connectivity index is 2.22. The molecule has 28 heavy (non-hydrogen) atoms. The second-order valence-electron chi connectivity index (χ2n) is 6.14. The number of ether oxygens (including phenoxy) is 1. The lowest BCUT2D eigenvalue weighted by Gasteiger charge is -2.16. The van der Waals surface area contributed by atoms with Gasteiger partial charge in [-0.15, -0.1) is 0 Å². The Morgan fingerprint density at radius 2 is 1.96 bits per heavy atom. The standard InChI is InChI=1S/C19H20ClF3N2O3/c1-11(26)9-24-16-5-4-13(19(21,22)23)8-14(16)18(27)25-10-12-3-6-17(28-2)15(20)7-12/h3-8,11,24,26H,9-10H2,1-2H3,(H,25,27)/t11-/m0/s1. The lowest BCUT2D eigenvalue weighted by Crippen LogP contribution is -2.25. The van der Waals surface area contributed by atoms with Crippen LogP contribution in [0.25, 0.3) is 0 Å². The van der Waals surface area contributed by atoms with Crippen LogP contribution < -0.4 is 15.4 Å². The van der Waals surface area contributed by atoms with E-state index in [2.05, 4.69) is 10.6 Å². The molecule has 0 heterocycles. The van der Waals surface area contributed by atoms with E-state index in [1.165, 1.54) is 20.1 Å². The Kier molecular flexibility index (Phi) is 7.15. The molecule has 0 aliphatic heterocycles. The summed E-state index contributed by atoms with van der Waals surface area (Å²) in [6.45, 7) is 1.67. The van der Waals surface area contributed by atoms with Crippen LogP contribution >= 0.6 is 11.6 Å². The summed E-state index contributed by atoms with van der Waals surface area (Å²) < 4.78 is 44.1. The third kappa shape index (κ3) is 5.77. The number of halogens is 4. The summed E-state index contributed by atoms with van der Waals surface area (Å²) in [7, 11) is 1.47. The molecule has 5 nitrogen and oxygen atoms in total. The molecule has 0 aromatic heterocycles. The fraction of sp³-hybridized carbons (Fsp3) is 0.316. The molecular formula is C19H20ClF3N2O3. The Morgan fingerprint density at radius 1 is 1.25 bits per heavy atom. The molecule has 0 saturated heterocycles. The highest BCUT2D eigenvalue weighted by molar-refractivity contribution is 6.32. The average Bonchev–Trinajstić information content (AvgIpc) is 2.63. The fourth-order valence-electron chi connectivity index (χ4n) is 2.42. The topological polar surface area (TPSA) is 70.6 Å². The maximum atomic E-state index is 13.0. The van der Waals surface area contributed by atoms with E-state index in [4.69, 9.17) is 16.3 Å². The van der Waals surface area contributed by atoms with Gasteiger partial charge in [0, 0.05) is 18.8 Å². The number of amides is 1. The van der Waals surface area contributed by atoms with Crippen molar-refractivity contribution >= 4 is 23.2 Å². The van der Waals surface area contributed by atoms with Crippen LogP contribution in [-0.4, -0.2) is 30.8 Å². The van der Waals surface area contributed by atoms with E-state index in [9.17, 15) is 23.1 Å². The summed E-state index contributed by atoms with van der Waals surface area (Å²) >= 11 is 6.03. The van der Waals surface area contributed by atoms with Crippen molar-refractivity contribution in [3.05, 3.63) is 58.1 Å². The molecule has 0 aliphatic rings. The predicted octanol–water partition coefficient (Wildman–Crippen LogP) is 4.09. The van der Waals surface area contributed by atoms with Gasteiger partial charge in [-0.1, -0.05) is 17.7 Å². The summed E-state index contributed by atoms with van der Waals surface area (Å²) in [4.78, 5) is 12.5. The number of rotatable bonds is 7. The number of anilines is 1. The monoisotopic (exact) mass is 416 g/mol. The normalized spacial score (nSPS) is 12.4. The van der Waals surface area contributed by atoms with Crippen molar-refractivity contribution in [1.82, 2.24) is 5.32 Å². The van der Waals surface area contributed by atoms with E-state index in [0.29, 0.717) is 16.3 Å². The predicted molar refractivity (Wildman–Crippen MR) is 101 cm³/mol. The van der Waals surface area contributed by atoms with Gasteiger partial charge in [0.05, 0.1) is 29.4 Å². The molecule has 0 bridgehead atoms. The second-order valence-corrected chi connectivity index (χ2v) is 6.55. The maximum Gasteiger partial charge on any atom is 0.416 e. The Morgan fingerprint density at radius 3 is 2.54 bits per heavy atom. The number of carbonyl (C=O) groups excluding carboxylic acids is 1. The van der Waals surface area contributed by atoms with Crippen molar-refractivity contribution in [3.8, 4) is 5.75 Å². The number of hydrogen-bond donors (Lipinski definition) is 3. The third-order valence-electron chi connectivity index (χ3n) is 3.85. The molecule has 9 heteroatoms. The smallest absolute Gasteiger partial charge is 0.416 e. The van der Waals surface area contributed by atoms with Crippen LogP contribution in [-0.2, 0) is 12.7 Å². The van der Waals surface area contributed by atoms with Crippen LogP contribution in [0.3, 0.4) is 0 Å². The highest BCUT2D eigenvalue weighted by Crippen LogP contribution is 2.32. The molecule has 3 N–H and O–H groups in total. The van der Waals surface area contributed by atoms with Crippen LogP contribution in [0.4, 0.5) is 18.9 Å². The molecule has 0 unspecified atom stereocenters. The number of hydrogen-bond acceptors (Lipinski definition) is 4. The highest BCUT2D eigenvalue weighted by atomic mass is 35.5. The number of alkyl halides is 3. The van der Waals surface area contributed by atoms with E-state index in [0.717, 1.165) is 12.1 Å². The fourth-order valence-corrected chi connectivity index (χ4v) is 2.70. The van der Waals surface area contributed by atoms with E-state index >= 15 is 0 Å². The molecule has 2 rings (SSSR count). The Hall–Kier alpha value is -2.45. The van der Waals surface area contributed by atoms with Crippen LogP contribution in [0.5, 0.6) is 5.75 Å². The maximum absolute atomic E-state index is 13.0. The van der Waals surface area contributed by atoms with Gasteiger partial charge in [0.25, 0.3) is 5.91 Å². The summed E-state index contributed by atoms with van der Waals surface area (Å²) in [5.74, 6) is -0.217. The quantitative estimate of drug-likeness (QED) is 0.635. The minimum Gasteiger partial charge on any atom is -0.495 e. The van der Waals surface area contributed by atoms with Crippen molar-refractivity contribution in [2.45, 2.75) is 25.7 Å². The van der Waals surface area contributed by atoms with Crippen LogP contribution in [0.1, 0.15) is 28.4 Å². The van der Waals surface area contributed by atoms with E-state index in [-0.39, 0.29) is 24.3 Å². The average molecular weight is 417 g/mol. The first-order valence-corrected chi connectivity index (χ1v) is 8.73. The second kappa shape index (κ2) is 9.16. The molecule has 1 amide bonds. The number of carbonyl (C=O) groups is 1. The zero-order valence-corrected chi connectivity index (χ0v) is 16.0. The number of aliphatic hydroxyl groups is 1. The minimum atomic E-state index is -4.58. The first kappa shape index (κ1) is 21.8. The zero-order chi connectivity index (χ0) is 20.9. The molecule has 2 aromatic rings. The third-order valence-corrected chi connectivity index (χ3v) is 4.14. The van der Waals surface area contributed by atoms with Gasteiger partial charge in [0.1, 0.15) is 5.75 Å². The van der Waals surface area contributed by atoms with Gasteiger partial charge in [0.15, 0.2) is 0 Å².